The third-order valence-corrected chi connectivity index (χ3v) is 2.63. The summed E-state index contributed by atoms with van der Waals surface area (Å²) < 4.78 is 18.9. The summed E-state index contributed by atoms with van der Waals surface area (Å²) in [6.07, 6.45) is -0.0999. The molecule has 90 valence electrons. The molecule has 1 aromatic rings. The summed E-state index contributed by atoms with van der Waals surface area (Å²) in [5.41, 5.74) is 4.08. The van der Waals surface area contributed by atoms with E-state index in [4.69, 9.17) is 10.6 Å². The molecular formula is C12H19FN2O. The van der Waals surface area contributed by atoms with Gasteiger partial charge in [-0.25, -0.2) is 4.39 Å². The molecule has 3 N–H and O–H groups in total. The maximum atomic E-state index is 13.4. The summed E-state index contributed by atoms with van der Waals surface area (Å²) in [7, 11) is 0. The van der Waals surface area contributed by atoms with Gasteiger partial charge in [-0.05, 0) is 38.0 Å². The number of hydrazine groups is 1. The molecule has 0 saturated carbocycles. The molecule has 0 saturated heterocycles. The maximum absolute atomic E-state index is 13.4. The summed E-state index contributed by atoms with van der Waals surface area (Å²) in [6.45, 7) is 6.16. The van der Waals surface area contributed by atoms with Crippen molar-refractivity contribution in [2.24, 2.45) is 5.84 Å². The maximum Gasteiger partial charge on any atom is 0.126 e. The molecule has 4 heteroatoms. The predicted molar refractivity (Wildman–Crippen MR) is 62.3 cm³/mol. The van der Waals surface area contributed by atoms with Crippen LogP contribution < -0.4 is 11.3 Å². The lowest BCUT2D eigenvalue weighted by Gasteiger charge is -2.23. The van der Waals surface area contributed by atoms with Crippen LogP contribution in [0.15, 0.2) is 18.2 Å². The number of hydrogen-bond acceptors (Lipinski definition) is 3. The van der Waals surface area contributed by atoms with Gasteiger partial charge in [0.15, 0.2) is 0 Å². The van der Waals surface area contributed by atoms with Crippen LogP contribution in [0.2, 0.25) is 0 Å². The van der Waals surface area contributed by atoms with E-state index in [1.807, 2.05) is 19.9 Å². The topological polar surface area (TPSA) is 47.3 Å². The molecule has 3 nitrogen and oxygen atoms in total. The summed E-state index contributed by atoms with van der Waals surface area (Å²) in [4.78, 5) is 0. The van der Waals surface area contributed by atoms with Crippen molar-refractivity contribution >= 4 is 0 Å². The van der Waals surface area contributed by atoms with Gasteiger partial charge >= 0.3 is 0 Å². The Kier molecular flexibility index (Phi) is 4.86. The number of halogens is 1. The van der Waals surface area contributed by atoms with E-state index in [1.165, 1.54) is 6.07 Å². The molecule has 0 aromatic heterocycles. The quantitative estimate of drug-likeness (QED) is 0.597. The van der Waals surface area contributed by atoms with Gasteiger partial charge in [0.2, 0.25) is 0 Å². The highest BCUT2D eigenvalue weighted by Gasteiger charge is 2.18. The van der Waals surface area contributed by atoms with Crippen molar-refractivity contribution in [2.75, 3.05) is 6.61 Å². The molecule has 0 fully saturated rings. The Morgan fingerprint density at radius 1 is 1.50 bits per heavy atom. The molecule has 0 aliphatic heterocycles. The van der Waals surface area contributed by atoms with Crippen LogP contribution in [0.5, 0.6) is 0 Å². The molecule has 0 heterocycles. The van der Waals surface area contributed by atoms with Crippen LogP contribution >= 0.6 is 0 Å². The second-order valence-electron chi connectivity index (χ2n) is 3.81. The first kappa shape index (κ1) is 13.1. The molecule has 0 spiro atoms. The number of nitrogens with two attached hydrogens (primary N) is 1. The molecule has 0 bridgehead atoms. The van der Waals surface area contributed by atoms with Crippen LogP contribution in [0.25, 0.3) is 0 Å². The highest BCUT2D eigenvalue weighted by molar-refractivity contribution is 5.26. The molecule has 0 radical (unpaired) electrons. The molecular weight excluding hydrogens is 207 g/mol. The number of aryl methyl sites for hydroxylation is 1. The van der Waals surface area contributed by atoms with E-state index in [9.17, 15) is 4.39 Å². The van der Waals surface area contributed by atoms with E-state index < -0.39 is 0 Å². The Morgan fingerprint density at radius 3 is 2.69 bits per heavy atom. The fourth-order valence-electron chi connectivity index (χ4n) is 1.66. The van der Waals surface area contributed by atoms with Gasteiger partial charge < -0.3 is 4.74 Å². The Morgan fingerprint density at radius 2 is 2.19 bits per heavy atom. The van der Waals surface area contributed by atoms with Crippen molar-refractivity contribution in [3.8, 4) is 0 Å². The molecule has 1 rings (SSSR count). The second-order valence-corrected chi connectivity index (χ2v) is 3.81. The number of ether oxygens (including phenoxy) is 1. The number of nitrogens with one attached hydrogen (secondary N) is 1. The first-order chi connectivity index (χ1) is 7.60. The van der Waals surface area contributed by atoms with Crippen LogP contribution in [-0.4, -0.2) is 12.7 Å². The minimum absolute atomic E-state index is 0.0999. The lowest BCUT2D eigenvalue weighted by atomic mass is 10.0. The van der Waals surface area contributed by atoms with Gasteiger partial charge in [-0.15, -0.1) is 0 Å². The lowest BCUT2D eigenvalue weighted by molar-refractivity contribution is 0.0472. The van der Waals surface area contributed by atoms with Gasteiger partial charge in [0.1, 0.15) is 5.82 Å². The zero-order valence-electron chi connectivity index (χ0n) is 9.96. The molecule has 2 atom stereocenters. The van der Waals surface area contributed by atoms with Crippen LogP contribution in [-0.2, 0) is 4.74 Å². The van der Waals surface area contributed by atoms with Crippen molar-refractivity contribution in [1.82, 2.24) is 5.43 Å². The summed E-state index contributed by atoms with van der Waals surface area (Å²) in [5, 5.41) is 0. The average molecular weight is 226 g/mol. The molecule has 0 amide bonds. The number of hydrogen-bond donors (Lipinski definition) is 2. The van der Waals surface area contributed by atoms with Crippen molar-refractivity contribution in [1.29, 1.82) is 0 Å². The van der Waals surface area contributed by atoms with Crippen molar-refractivity contribution in [3.05, 3.63) is 35.1 Å². The SMILES string of the molecule is CCOC(C)C(NN)c1ccc(C)c(F)c1. The van der Waals surface area contributed by atoms with E-state index in [0.717, 1.165) is 5.56 Å². The molecule has 2 unspecified atom stereocenters. The monoisotopic (exact) mass is 226 g/mol. The van der Waals surface area contributed by atoms with Gasteiger partial charge in [-0.1, -0.05) is 12.1 Å². The molecule has 0 aliphatic carbocycles. The smallest absolute Gasteiger partial charge is 0.126 e. The number of rotatable bonds is 5. The van der Waals surface area contributed by atoms with Crippen LogP contribution in [0.4, 0.5) is 4.39 Å². The zero-order chi connectivity index (χ0) is 12.1. The third kappa shape index (κ3) is 3.01. The van der Waals surface area contributed by atoms with Crippen molar-refractivity contribution < 1.29 is 9.13 Å². The first-order valence-corrected chi connectivity index (χ1v) is 5.44. The Hall–Kier alpha value is -0.970. The van der Waals surface area contributed by atoms with Crippen molar-refractivity contribution in [3.63, 3.8) is 0 Å². The highest BCUT2D eigenvalue weighted by Crippen LogP contribution is 2.20. The molecule has 16 heavy (non-hydrogen) atoms. The molecule has 0 aliphatic rings. The van der Waals surface area contributed by atoms with Gasteiger partial charge in [0.25, 0.3) is 0 Å². The van der Waals surface area contributed by atoms with Crippen LogP contribution in [0.3, 0.4) is 0 Å². The Labute approximate surface area is 95.8 Å². The largest absolute Gasteiger partial charge is 0.377 e. The van der Waals surface area contributed by atoms with Crippen LogP contribution in [0.1, 0.15) is 31.0 Å². The van der Waals surface area contributed by atoms with E-state index in [-0.39, 0.29) is 18.0 Å². The van der Waals surface area contributed by atoms with Crippen LogP contribution in [0, 0.1) is 12.7 Å². The standard InChI is InChI=1S/C12H19FN2O/c1-4-16-9(3)12(15-14)10-6-5-8(2)11(13)7-10/h5-7,9,12,15H,4,14H2,1-3H3. The summed E-state index contributed by atoms with van der Waals surface area (Å²) >= 11 is 0. The van der Waals surface area contributed by atoms with Gasteiger partial charge in [-0.3, -0.25) is 11.3 Å². The third-order valence-electron chi connectivity index (χ3n) is 2.63. The van der Waals surface area contributed by atoms with E-state index >= 15 is 0 Å². The molecule has 1 aromatic carbocycles. The predicted octanol–water partition coefficient (Wildman–Crippen LogP) is 2.06. The van der Waals surface area contributed by atoms with E-state index in [1.54, 1.807) is 13.0 Å². The van der Waals surface area contributed by atoms with E-state index in [2.05, 4.69) is 5.43 Å². The van der Waals surface area contributed by atoms with E-state index in [0.29, 0.717) is 12.2 Å². The zero-order valence-corrected chi connectivity index (χ0v) is 9.96. The summed E-state index contributed by atoms with van der Waals surface area (Å²) in [5.74, 6) is 5.25. The highest BCUT2D eigenvalue weighted by atomic mass is 19.1. The Bertz CT molecular complexity index is 344. The van der Waals surface area contributed by atoms with Gasteiger partial charge in [-0.2, -0.15) is 0 Å². The van der Waals surface area contributed by atoms with Gasteiger partial charge in [0.05, 0.1) is 12.1 Å². The normalized spacial score (nSPS) is 14.8. The summed E-state index contributed by atoms with van der Waals surface area (Å²) in [6, 6.07) is 4.90. The average Bonchev–Trinajstić information content (AvgIpc) is 2.25. The minimum Gasteiger partial charge on any atom is -0.377 e. The second kappa shape index (κ2) is 5.94. The first-order valence-electron chi connectivity index (χ1n) is 5.44. The fourth-order valence-corrected chi connectivity index (χ4v) is 1.66. The van der Waals surface area contributed by atoms with Crippen molar-refractivity contribution in [2.45, 2.75) is 32.9 Å². The minimum atomic E-state index is -0.221. The lowest BCUT2D eigenvalue weighted by Crippen LogP contribution is -2.36. The Balaban J connectivity index is 2.90. The van der Waals surface area contributed by atoms with Gasteiger partial charge in [0, 0.05) is 6.61 Å². The number of benzene rings is 1. The fraction of sp³-hybridized carbons (Fsp3) is 0.500.